The van der Waals surface area contributed by atoms with Crippen LogP contribution in [0.25, 0.3) is 0 Å². The van der Waals surface area contributed by atoms with Crippen molar-refractivity contribution in [1.82, 2.24) is 4.90 Å². The van der Waals surface area contributed by atoms with Gasteiger partial charge in [0, 0.05) is 17.6 Å². The van der Waals surface area contributed by atoms with Crippen LogP contribution in [0.5, 0.6) is 0 Å². The average Bonchev–Trinajstić information content (AvgIpc) is 3.06. The van der Waals surface area contributed by atoms with Gasteiger partial charge in [-0.25, -0.2) is 9.59 Å². The molecule has 0 radical (unpaired) electrons. The van der Waals surface area contributed by atoms with E-state index in [1.807, 2.05) is 44.2 Å². The third-order valence-electron chi connectivity index (χ3n) is 5.87. The molecule has 0 N–H and O–H groups in total. The molecule has 4 rings (SSSR count). The van der Waals surface area contributed by atoms with Crippen LogP contribution in [0.1, 0.15) is 36.2 Å². The molecule has 7 nitrogen and oxygen atoms in total. The normalized spacial score (nSPS) is 22.8. The summed E-state index contributed by atoms with van der Waals surface area (Å²) >= 11 is 1.50. The predicted octanol–water partition coefficient (Wildman–Crippen LogP) is 3.22. The first-order valence-corrected chi connectivity index (χ1v) is 11.6. The van der Waals surface area contributed by atoms with Gasteiger partial charge in [0.05, 0.1) is 16.9 Å². The molecule has 8 heteroatoms. The van der Waals surface area contributed by atoms with Crippen molar-refractivity contribution in [3.05, 3.63) is 71.8 Å². The number of rotatable bonds is 8. The molecule has 0 unspecified atom stereocenters. The van der Waals surface area contributed by atoms with Gasteiger partial charge in [-0.3, -0.25) is 9.59 Å². The van der Waals surface area contributed by atoms with Crippen LogP contribution in [0.4, 0.5) is 0 Å². The first-order chi connectivity index (χ1) is 15.8. The highest BCUT2D eigenvalue weighted by molar-refractivity contribution is 8.01. The Bertz CT molecular complexity index is 1060. The number of esters is 2. The summed E-state index contributed by atoms with van der Waals surface area (Å²) < 4.78 is 9.62. The second-order valence-corrected chi connectivity index (χ2v) is 10.4. The van der Waals surface area contributed by atoms with Crippen LogP contribution in [0, 0.1) is 5.92 Å². The number of amides is 1. The van der Waals surface area contributed by atoms with Crippen molar-refractivity contribution in [2.75, 3.05) is 6.79 Å². The van der Waals surface area contributed by atoms with Crippen molar-refractivity contribution < 1.29 is 28.7 Å². The number of carbonyl (C=O) groups is 4. The van der Waals surface area contributed by atoms with Gasteiger partial charge in [-0.05, 0) is 31.5 Å². The summed E-state index contributed by atoms with van der Waals surface area (Å²) in [5.41, 5.74) is 1.27. The summed E-state index contributed by atoms with van der Waals surface area (Å²) in [6, 6.07) is 17.0. The number of ether oxygens (including phenoxy) is 2. The van der Waals surface area contributed by atoms with E-state index in [1.165, 1.54) is 16.7 Å². The van der Waals surface area contributed by atoms with Crippen LogP contribution in [-0.4, -0.2) is 51.5 Å². The highest BCUT2D eigenvalue weighted by atomic mass is 32.2. The minimum Gasteiger partial charge on any atom is -0.426 e. The number of Topliss-reactive ketones (excluding diaryl/α,β-unsaturated/α-hetero) is 1. The Hall–Kier alpha value is -3.13. The first kappa shape index (κ1) is 23.0. The number of hydrogen-bond acceptors (Lipinski definition) is 7. The van der Waals surface area contributed by atoms with Crippen molar-refractivity contribution in [1.29, 1.82) is 0 Å². The zero-order valence-corrected chi connectivity index (χ0v) is 19.2. The quantitative estimate of drug-likeness (QED) is 0.334. The van der Waals surface area contributed by atoms with E-state index in [1.54, 1.807) is 30.3 Å². The summed E-state index contributed by atoms with van der Waals surface area (Å²) in [6.07, 6.45) is 0.429. The van der Waals surface area contributed by atoms with Crippen LogP contribution >= 0.6 is 11.8 Å². The Kier molecular flexibility index (Phi) is 6.56. The summed E-state index contributed by atoms with van der Waals surface area (Å²) in [5, 5.41) is -0.253. The lowest BCUT2D eigenvalue weighted by Gasteiger charge is -2.43. The topological polar surface area (TPSA) is 90.0 Å². The number of benzene rings is 2. The molecular weight excluding hydrogens is 442 g/mol. The molecule has 3 atom stereocenters. The molecule has 0 saturated carbocycles. The Balaban J connectivity index is 1.32. The number of β-lactam (4-membered cyclic amide) rings is 1. The van der Waals surface area contributed by atoms with E-state index in [4.69, 9.17) is 9.47 Å². The third-order valence-corrected chi connectivity index (χ3v) is 7.49. The number of ketones is 1. The zero-order valence-electron chi connectivity index (χ0n) is 18.4. The molecule has 0 aliphatic carbocycles. The molecule has 2 aromatic carbocycles. The standard InChI is InChI=1S/C25H25NO6S/c1-25(2)20(24(30)32-15-31-23(29)17-11-7-4-8-12-17)26-21(28)19(22(26)33-25)14-18(27)13-16-9-5-3-6-10-16/h3-12,19-20,22H,13-15H2,1-2H3/t19-,20+,22-/m1/s1. The average molecular weight is 468 g/mol. The third kappa shape index (κ3) is 4.80. The second-order valence-electron chi connectivity index (χ2n) is 8.65. The lowest BCUT2D eigenvalue weighted by atomic mass is 9.87. The Labute approximate surface area is 196 Å². The maximum atomic E-state index is 12.9. The van der Waals surface area contributed by atoms with Crippen LogP contribution in [0.3, 0.4) is 0 Å². The summed E-state index contributed by atoms with van der Waals surface area (Å²) in [6.45, 7) is 3.21. The minimum absolute atomic E-state index is 0.00328. The molecule has 0 aromatic heterocycles. The van der Waals surface area contributed by atoms with E-state index in [2.05, 4.69) is 0 Å². The van der Waals surface area contributed by atoms with Gasteiger partial charge in [0.1, 0.15) is 11.8 Å². The van der Waals surface area contributed by atoms with Crippen molar-refractivity contribution in [3.8, 4) is 0 Å². The summed E-state index contributed by atoms with van der Waals surface area (Å²) in [7, 11) is 0. The van der Waals surface area contributed by atoms with Crippen molar-refractivity contribution in [2.24, 2.45) is 5.92 Å². The predicted molar refractivity (Wildman–Crippen MR) is 122 cm³/mol. The van der Waals surface area contributed by atoms with E-state index in [0.29, 0.717) is 5.56 Å². The number of thioether (sulfide) groups is 1. The molecule has 172 valence electrons. The molecule has 0 spiro atoms. The molecule has 2 aromatic rings. The lowest BCUT2D eigenvalue weighted by Crippen LogP contribution is -2.63. The van der Waals surface area contributed by atoms with Gasteiger partial charge in [0.2, 0.25) is 12.7 Å². The molecular formula is C25H25NO6S. The van der Waals surface area contributed by atoms with Gasteiger partial charge in [0.25, 0.3) is 0 Å². The fraction of sp³-hybridized carbons (Fsp3) is 0.360. The van der Waals surface area contributed by atoms with Crippen molar-refractivity contribution >= 4 is 35.4 Å². The number of fused-ring (bicyclic) bond motifs is 1. The number of nitrogens with zero attached hydrogens (tertiary/aromatic N) is 1. The smallest absolute Gasteiger partial charge is 0.340 e. The Morgan fingerprint density at radius 1 is 0.970 bits per heavy atom. The lowest BCUT2D eigenvalue weighted by molar-refractivity contribution is -0.171. The Morgan fingerprint density at radius 3 is 2.27 bits per heavy atom. The van der Waals surface area contributed by atoms with Gasteiger partial charge >= 0.3 is 11.9 Å². The highest BCUT2D eigenvalue weighted by Gasteiger charge is 2.64. The Morgan fingerprint density at radius 2 is 1.61 bits per heavy atom. The molecule has 2 aliphatic rings. The van der Waals surface area contributed by atoms with Gasteiger partial charge in [-0.2, -0.15) is 0 Å². The van der Waals surface area contributed by atoms with Gasteiger partial charge in [0.15, 0.2) is 0 Å². The van der Waals surface area contributed by atoms with Crippen molar-refractivity contribution in [2.45, 2.75) is 42.9 Å². The van der Waals surface area contributed by atoms with E-state index >= 15 is 0 Å². The second kappa shape index (κ2) is 9.39. The molecule has 2 saturated heterocycles. The molecule has 2 heterocycles. The highest BCUT2D eigenvalue weighted by Crippen LogP contribution is 2.54. The fourth-order valence-electron chi connectivity index (χ4n) is 4.28. The molecule has 33 heavy (non-hydrogen) atoms. The van der Waals surface area contributed by atoms with Crippen LogP contribution < -0.4 is 0 Å². The maximum Gasteiger partial charge on any atom is 0.340 e. The van der Waals surface area contributed by atoms with Crippen LogP contribution in [0.15, 0.2) is 60.7 Å². The van der Waals surface area contributed by atoms with E-state index < -0.39 is 35.4 Å². The van der Waals surface area contributed by atoms with E-state index in [9.17, 15) is 19.2 Å². The molecule has 2 aliphatic heterocycles. The number of hydrogen-bond donors (Lipinski definition) is 0. The van der Waals surface area contributed by atoms with Crippen molar-refractivity contribution in [3.63, 3.8) is 0 Å². The van der Waals surface area contributed by atoms with E-state index in [-0.39, 0.29) is 29.9 Å². The van der Waals surface area contributed by atoms with Gasteiger partial charge in [-0.1, -0.05) is 48.5 Å². The van der Waals surface area contributed by atoms with Gasteiger partial charge < -0.3 is 14.4 Å². The summed E-state index contributed by atoms with van der Waals surface area (Å²) in [4.78, 5) is 51.7. The van der Waals surface area contributed by atoms with Gasteiger partial charge in [-0.15, -0.1) is 11.8 Å². The number of carbonyl (C=O) groups excluding carboxylic acids is 4. The monoisotopic (exact) mass is 467 g/mol. The molecule has 0 bridgehead atoms. The molecule has 1 amide bonds. The fourth-order valence-corrected chi connectivity index (χ4v) is 5.96. The first-order valence-electron chi connectivity index (χ1n) is 10.7. The zero-order chi connectivity index (χ0) is 23.6. The largest absolute Gasteiger partial charge is 0.426 e. The SMILES string of the molecule is CC1(C)S[C@@H]2[C@H](CC(=O)Cc3ccccc3)C(=O)N2[C@H]1C(=O)OCOC(=O)c1ccccc1. The van der Waals surface area contributed by atoms with E-state index in [0.717, 1.165) is 5.56 Å². The van der Waals surface area contributed by atoms with Crippen LogP contribution in [-0.2, 0) is 30.3 Å². The summed E-state index contributed by atoms with van der Waals surface area (Å²) in [5.74, 6) is -1.89. The minimum atomic E-state index is -0.809. The molecule has 2 fully saturated rings. The van der Waals surface area contributed by atoms with Crippen LogP contribution in [0.2, 0.25) is 0 Å². The maximum absolute atomic E-state index is 12.9.